The predicted molar refractivity (Wildman–Crippen MR) is 68.8 cm³/mol. The minimum Gasteiger partial charge on any atom is -0.478 e. The average Bonchev–Trinajstić information content (AvgIpc) is 2.34. The number of hydrogen-bond donors (Lipinski definition) is 2. The van der Waals surface area contributed by atoms with E-state index in [0.717, 1.165) is 5.56 Å². The van der Waals surface area contributed by atoms with Crippen LogP contribution in [0.4, 0.5) is 4.39 Å². The number of halogens is 1. The third-order valence-electron chi connectivity index (χ3n) is 2.78. The Balaban J connectivity index is 2.56. The van der Waals surface area contributed by atoms with Gasteiger partial charge < -0.3 is 10.4 Å². The lowest BCUT2D eigenvalue weighted by molar-refractivity contribution is -0.132. The molecule has 0 spiro atoms. The van der Waals surface area contributed by atoms with E-state index in [-0.39, 0.29) is 11.9 Å². The molecule has 0 fully saturated rings. The molecule has 0 bridgehead atoms. The van der Waals surface area contributed by atoms with Crippen LogP contribution in [0.3, 0.4) is 0 Å². The third-order valence-corrected chi connectivity index (χ3v) is 2.78. The van der Waals surface area contributed by atoms with Crippen molar-refractivity contribution in [1.82, 2.24) is 5.32 Å². The number of aliphatic carboxylic acids is 1. The first-order valence-corrected chi connectivity index (χ1v) is 5.95. The summed E-state index contributed by atoms with van der Waals surface area (Å²) in [7, 11) is 0. The van der Waals surface area contributed by atoms with E-state index in [1.165, 1.54) is 12.1 Å². The van der Waals surface area contributed by atoms with Crippen molar-refractivity contribution in [3.63, 3.8) is 0 Å². The van der Waals surface area contributed by atoms with Gasteiger partial charge in [0.05, 0.1) is 0 Å². The van der Waals surface area contributed by atoms with Crippen molar-refractivity contribution < 1.29 is 14.3 Å². The third kappa shape index (κ3) is 4.30. The Labute approximate surface area is 106 Å². The molecule has 98 valence electrons. The molecular formula is C14H18FNO2. The molecule has 3 nitrogen and oxygen atoms in total. The highest BCUT2D eigenvalue weighted by Gasteiger charge is 2.06. The summed E-state index contributed by atoms with van der Waals surface area (Å²) in [6.07, 6.45) is 2.14. The Hall–Kier alpha value is -1.68. The van der Waals surface area contributed by atoms with Gasteiger partial charge in [0.1, 0.15) is 5.82 Å². The van der Waals surface area contributed by atoms with Gasteiger partial charge in [-0.15, -0.1) is 0 Å². The number of carbonyl (C=O) groups is 1. The van der Waals surface area contributed by atoms with Gasteiger partial charge in [-0.05, 0) is 31.0 Å². The highest BCUT2D eigenvalue weighted by molar-refractivity contribution is 5.86. The molecule has 0 aliphatic carbocycles. The Morgan fingerprint density at radius 3 is 2.83 bits per heavy atom. The second-order valence-corrected chi connectivity index (χ2v) is 4.07. The van der Waals surface area contributed by atoms with Crippen LogP contribution in [-0.2, 0) is 4.79 Å². The lowest BCUT2D eigenvalue weighted by Gasteiger charge is -2.13. The minimum absolute atomic E-state index is 0.0242. The SMILES string of the molecule is CC/C(=C/CNC(C)c1cccc(F)c1)C(=O)O. The minimum atomic E-state index is -0.891. The summed E-state index contributed by atoms with van der Waals surface area (Å²) < 4.78 is 13.0. The van der Waals surface area contributed by atoms with Crippen LogP contribution in [-0.4, -0.2) is 17.6 Å². The fraction of sp³-hybridized carbons (Fsp3) is 0.357. The number of nitrogens with one attached hydrogen (secondary N) is 1. The topological polar surface area (TPSA) is 49.3 Å². The molecule has 1 aromatic carbocycles. The van der Waals surface area contributed by atoms with E-state index in [2.05, 4.69) is 5.32 Å². The Morgan fingerprint density at radius 2 is 2.28 bits per heavy atom. The van der Waals surface area contributed by atoms with Crippen LogP contribution in [0, 0.1) is 5.82 Å². The van der Waals surface area contributed by atoms with Crippen molar-refractivity contribution >= 4 is 5.97 Å². The molecule has 0 radical (unpaired) electrons. The van der Waals surface area contributed by atoms with E-state index in [4.69, 9.17) is 5.11 Å². The van der Waals surface area contributed by atoms with Gasteiger partial charge in [-0.1, -0.05) is 25.1 Å². The molecule has 1 aromatic rings. The van der Waals surface area contributed by atoms with Crippen LogP contribution in [0.15, 0.2) is 35.9 Å². The number of rotatable bonds is 6. The average molecular weight is 251 g/mol. The molecule has 0 aromatic heterocycles. The molecule has 0 saturated heterocycles. The van der Waals surface area contributed by atoms with Crippen molar-refractivity contribution in [2.75, 3.05) is 6.54 Å². The van der Waals surface area contributed by atoms with Crippen molar-refractivity contribution in [3.8, 4) is 0 Å². The first-order valence-electron chi connectivity index (χ1n) is 5.95. The largest absolute Gasteiger partial charge is 0.478 e. The van der Waals surface area contributed by atoms with Crippen molar-refractivity contribution in [2.24, 2.45) is 0 Å². The van der Waals surface area contributed by atoms with E-state index >= 15 is 0 Å². The standard InChI is InChI=1S/C14H18FNO2/c1-3-11(14(17)18)7-8-16-10(2)12-5-4-6-13(15)9-12/h4-7,9-10,16H,3,8H2,1-2H3,(H,17,18)/b11-7-. The van der Waals surface area contributed by atoms with Gasteiger partial charge >= 0.3 is 5.97 Å². The zero-order valence-electron chi connectivity index (χ0n) is 10.6. The van der Waals surface area contributed by atoms with E-state index < -0.39 is 5.97 Å². The van der Waals surface area contributed by atoms with Gasteiger partial charge in [0.2, 0.25) is 0 Å². The zero-order chi connectivity index (χ0) is 13.5. The number of benzene rings is 1. The van der Waals surface area contributed by atoms with Crippen LogP contribution in [0.5, 0.6) is 0 Å². The molecule has 1 rings (SSSR count). The first kappa shape index (κ1) is 14.4. The van der Waals surface area contributed by atoms with Gasteiger partial charge in [0.25, 0.3) is 0 Å². The van der Waals surface area contributed by atoms with Gasteiger partial charge in [0, 0.05) is 18.2 Å². The maximum absolute atomic E-state index is 13.0. The molecular weight excluding hydrogens is 233 g/mol. The van der Waals surface area contributed by atoms with E-state index in [1.807, 2.05) is 13.0 Å². The molecule has 18 heavy (non-hydrogen) atoms. The van der Waals surface area contributed by atoms with E-state index in [9.17, 15) is 9.18 Å². The van der Waals surface area contributed by atoms with E-state index in [1.54, 1.807) is 19.1 Å². The lowest BCUT2D eigenvalue weighted by atomic mass is 10.1. The van der Waals surface area contributed by atoms with Gasteiger partial charge in [0.15, 0.2) is 0 Å². The maximum Gasteiger partial charge on any atom is 0.331 e. The Bertz CT molecular complexity index is 443. The molecule has 2 N–H and O–H groups in total. The van der Waals surface area contributed by atoms with Gasteiger partial charge in [-0.25, -0.2) is 9.18 Å². The van der Waals surface area contributed by atoms with Crippen LogP contribution >= 0.6 is 0 Å². The molecule has 0 heterocycles. The van der Waals surface area contributed by atoms with Gasteiger partial charge in [-0.2, -0.15) is 0 Å². The van der Waals surface area contributed by atoms with E-state index in [0.29, 0.717) is 18.5 Å². The number of hydrogen-bond acceptors (Lipinski definition) is 2. The number of carboxylic acids is 1. The summed E-state index contributed by atoms with van der Waals surface area (Å²) in [5, 5.41) is 12.0. The second-order valence-electron chi connectivity index (χ2n) is 4.07. The molecule has 1 unspecified atom stereocenters. The summed E-state index contributed by atoms with van der Waals surface area (Å²) in [5.41, 5.74) is 1.23. The fourth-order valence-corrected chi connectivity index (χ4v) is 1.64. The molecule has 4 heteroatoms. The Morgan fingerprint density at radius 1 is 1.56 bits per heavy atom. The molecule has 1 atom stereocenters. The maximum atomic E-state index is 13.0. The second kappa shape index (κ2) is 6.91. The highest BCUT2D eigenvalue weighted by atomic mass is 19.1. The summed E-state index contributed by atoms with van der Waals surface area (Å²) in [5.74, 6) is -1.16. The summed E-state index contributed by atoms with van der Waals surface area (Å²) in [6, 6.07) is 6.34. The molecule has 0 aliphatic heterocycles. The highest BCUT2D eigenvalue weighted by Crippen LogP contribution is 2.13. The van der Waals surface area contributed by atoms with Crippen LogP contribution in [0.2, 0.25) is 0 Å². The molecule has 0 saturated carbocycles. The lowest BCUT2D eigenvalue weighted by Crippen LogP contribution is -2.19. The molecule has 0 amide bonds. The van der Waals surface area contributed by atoms with Crippen LogP contribution < -0.4 is 5.32 Å². The predicted octanol–water partition coefficient (Wildman–Crippen LogP) is 2.90. The molecule has 0 aliphatic rings. The summed E-state index contributed by atoms with van der Waals surface area (Å²) >= 11 is 0. The summed E-state index contributed by atoms with van der Waals surface area (Å²) in [4.78, 5) is 10.8. The summed E-state index contributed by atoms with van der Waals surface area (Å²) in [6.45, 7) is 4.16. The van der Waals surface area contributed by atoms with Crippen molar-refractivity contribution in [2.45, 2.75) is 26.3 Å². The fourth-order valence-electron chi connectivity index (χ4n) is 1.64. The normalized spacial score (nSPS) is 13.4. The number of carboxylic acid groups (broad SMARTS) is 1. The van der Waals surface area contributed by atoms with Crippen molar-refractivity contribution in [3.05, 3.63) is 47.3 Å². The monoisotopic (exact) mass is 251 g/mol. The Kier molecular flexibility index (Phi) is 5.52. The smallest absolute Gasteiger partial charge is 0.331 e. The quantitative estimate of drug-likeness (QED) is 0.764. The first-order chi connectivity index (χ1) is 8.54. The van der Waals surface area contributed by atoms with Gasteiger partial charge in [-0.3, -0.25) is 0 Å². The van der Waals surface area contributed by atoms with Crippen molar-refractivity contribution in [1.29, 1.82) is 0 Å². The van der Waals surface area contributed by atoms with Crippen LogP contribution in [0.25, 0.3) is 0 Å². The van der Waals surface area contributed by atoms with Crippen LogP contribution in [0.1, 0.15) is 31.9 Å². The zero-order valence-corrected chi connectivity index (χ0v) is 10.6.